The van der Waals surface area contributed by atoms with Crippen LogP contribution in [0, 0.1) is 0 Å². The van der Waals surface area contributed by atoms with Gasteiger partial charge in [-0.3, -0.25) is 9.80 Å². The minimum Gasteiger partial charge on any atom is -0.299 e. The SMILES string of the molecule is CN1C2CCC1CN(Cc1cccc(Cl)n1)CC2. The maximum Gasteiger partial charge on any atom is 0.129 e. The molecule has 2 atom stereocenters. The normalized spacial score (nSPS) is 29.4. The highest BCUT2D eigenvalue weighted by atomic mass is 35.5. The Labute approximate surface area is 114 Å². The lowest BCUT2D eigenvalue weighted by Gasteiger charge is -2.25. The van der Waals surface area contributed by atoms with Crippen LogP contribution in [0.3, 0.4) is 0 Å². The van der Waals surface area contributed by atoms with Crippen LogP contribution in [0.2, 0.25) is 5.15 Å². The molecular formula is C14H20ClN3. The zero-order valence-electron chi connectivity index (χ0n) is 10.8. The topological polar surface area (TPSA) is 19.4 Å². The molecule has 0 N–H and O–H groups in total. The Morgan fingerprint density at radius 3 is 2.94 bits per heavy atom. The van der Waals surface area contributed by atoms with E-state index in [-0.39, 0.29) is 0 Å². The number of pyridine rings is 1. The minimum absolute atomic E-state index is 0.598. The summed E-state index contributed by atoms with van der Waals surface area (Å²) in [5, 5.41) is 0.598. The number of fused-ring (bicyclic) bond motifs is 2. The Balaban J connectivity index is 1.67. The van der Waals surface area contributed by atoms with Crippen LogP contribution in [0.15, 0.2) is 18.2 Å². The molecule has 0 amide bonds. The first-order valence-electron chi connectivity index (χ1n) is 6.78. The smallest absolute Gasteiger partial charge is 0.129 e. The second kappa shape index (κ2) is 5.16. The van der Waals surface area contributed by atoms with Gasteiger partial charge in [0.25, 0.3) is 0 Å². The molecule has 1 aromatic rings. The van der Waals surface area contributed by atoms with Gasteiger partial charge in [0.15, 0.2) is 0 Å². The molecule has 2 aliphatic rings. The maximum atomic E-state index is 5.94. The van der Waals surface area contributed by atoms with Gasteiger partial charge in [0.05, 0.1) is 5.69 Å². The molecule has 2 saturated heterocycles. The van der Waals surface area contributed by atoms with Gasteiger partial charge in [-0.1, -0.05) is 17.7 Å². The molecule has 98 valence electrons. The molecule has 0 spiro atoms. The monoisotopic (exact) mass is 265 g/mol. The molecule has 2 fully saturated rings. The van der Waals surface area contributed by atoms with Gasteiger partial charge in [-0.25, -0.2) is 4.98 Å². The van der Waals surface area contributed by atoms with E-state index in [1.165, 1.54) is 32.4 Å². The zero-order chi connectivity index (χ0) is 12.5. The van der Waals surface area contributed by atoms with Gasteiger partial charge in [0.1, 0.15) is 5.15 Å². The predicted molar refractivity (Wildman–Crippen MR) is 73.7 cm³/mol. The molecule has 0 saturated carbocycles. The van der Waals surface area contributed by atoms with Crippen molar-refractivity contribution in [2.45, 2.75) is 37.9 Å². The van der Waals surface area contributed by atoms with Crippen LogP contribution < -0.4 is 0 Å². The molecule has 3 nitrogen and oxygen atoms in total. The fourth-order valence-electron chi connectivity index (χ4n) is 3.29. The van der Waals surface area contributed by atoms with Crippen molar-refractivity contribution >= 4 is 11.6 Å². The van der Waals surface area contributed by atoms with Crippen LogP contribution >= 0.6 is 11.6 Å². The van der Waals surface area contributed by atoms with E-state index in [1.54, 1.807) is 0 Å². The Morgan fingerprint density at radius 1 is 1.28 bits per heavy atom. The first-order valence-corrected chi connectivity index (χ1v) is 7.16. The summed E-state index contributed by atoms with van der Waals surface area (Å²) in [4.78, 5) is 9.49. The molecule has 3 heterocycles. The number of hydrogen-bond donors (Lipinski definition) is 0. The number of nitrogens with zero attached hydrogens (tertiary/aromatic N) is 3. The molecule has 0 aliphatic carbocycles. The maximum absolute atomic E-state index is 5.94. The van der Waals surface area contributed by atoms with Crippen LogP contribution in [-0.4, -0.2) is 47.0 Å². The first-order chi connectivity index (χ1) is 8.72. The fourth-order valence-corrected chi connectivity index (χ4v) is 3.47. The lowest BCUT2D eigenvalue weighted by molar-refractivity contribution is 0.213. The van der Waals surface area contributed by atoms with Crippen LogP contribution in [-0.2, 0) is 6.54 Å². The average Bonchev–Trinajstić information content (AvgIpc) is 2.58. The Morgan fingerprint density at radius 2 is 2.11 bits per heavy atom. The number of halogens is 1. The summed E-state index contributed by atoms with van der Waals surface area (Å²) in [7, 11) is 2.28. The van der Waals surface area contributed by atoms with Gasteiger partial charge in [0.2, 0.25) is 0 Å². The second-order valence-electron chi connectivity index (χ2n) is 5.53. The van der Waals surface area contributed by atoms with Crippen LogP contribution in [0.5, 0.6) is 0 Å². The van der Waals surface area contributed by atoms with Crippen molar-refractivity contribution in [3.63, 3.8) is 0 Å². The molecule has 0 aromatic carbocycles. The third kappa shape index (κ3) is 2.53. The van der Waals surface area contributed by atoms with E-state index in [0.717, 1.165) is 24.3 Å². The molecule has 3 rings (SSSR count). The summed E-state index contributed by atoms with van der Waals surface area (Å²) in [5.74, 6) is 0. The van der Waals surface area contributed by atoms with E-state index < -0.39 is 0 Å². The van der Waals surface area contributed by atoms with E-state index >= 15 is 0 Å². The lowest BCUT2D eigenvalue weighted by Crippen LogP contribution is -2.36. The zero-order valence-corrected chi connectivity index (χ0v) is 11.6. The van der Waals surface area contributed by atoms with Crippen molar-refractivity contribution < 1.29 is 0 Å². The number of likely N-dealkylation sites (tertiary alicyclic amines) is 1. The molecule has 2 bridgehead atoms. The molecule has 0 radical (unpaired) electrons. The third-order valence-electron chi connectivity index (χ3n) is 4.39. The molecule has 1 aromatic heterocycles. The quantitative estimate of drug-likeness (QED) is 0.766. The highest BCUT2D eigenvalue weighted by Crippen LogP contribution is 2.28. The van der Waals surface area contributed by atoms with Crippen molar-refractivity contribution in [2.24, 2.45) is 0 Å². The Bertz CT molecular complexity index is 423. The highest BCUT2D eigenvalue weighted by Gasteiger charge is 2.34. The van der Waals surface area contributed by atoms with Gasteiger partial charge >= 0.3 is 0 Å². The number of rotatable bonds is 2. The Hall–Kier alpha value is -0.640. The Kier molecular flexibility index (Phi) is 3.55. The number of hydrogen-bond acceptors (Lipinski definition) is 3. The van der Waals surface area contributed by atoms with Crippen molar-refractivity contribution in [3.05, 3.63) is 29.0 Å². The molecule has 18 heavy (non-hydrogen) atoms. The van der Waals surface area contributed by atoms with Crippen molar-refractivity contribution in [1.82, 2.24) is 14.8 Å². The number of likely N-dealkylation sites (N-methyl/N-ethyl adjacent to an activating group) is 1. The van der Waals surface area contributed by atoms with E-state index in [0.29, 0.717) is 5.15 Å². The van der Waals surface area contributed by atoms with Crippen molar-refractivity contribution in [3.8, 4) is 0 Å². The molecular weight excluding hydrogens is 246 g/mol. The van der Waals surface area contributed by atoms with Crippen LogP contribution in [0.25, 0.3) is 0 Å². The summed E-state index contributed by atoms with van der Waals surface area (Å²) in [6, 6.07) is 7.42. The van der Waals surface area contributed by atoms with Gasteiger partial charge in [-0.15, -0.1) is 0 Å². The summed E-state index contributed by atoms with van der Waals surface area (Å²) >= 11 is 5.94. The van der Waals surface area contributed by atoms with E-state index in [2.05, 4.69) is 27.9 Å². The van der Waals surface area contributed by atoms with Gasteiger partial charge in [-0.2, -0.15) is 0 Å². The molecule has 4 heteroatoms. The molecule has 2 unspecified atom stereocenters. The van der Waals surface area contributed by atoms with E-state index in [4.69, 9.17) is 11.6 Å². The van der Waals surface area contributed by atoms with E-state index in [9.17, 15) is 0 Å². The fraction of sp³-hybridized carbons (Fsp3) is 0.643. The first kappa shape index (κ1) is 12.4. The van der Waals surface area contributed by atoms with Gasteiger partial charge < -0.3 is 0 Å². The summed E-state index contributed by atoms with van der Waals surface area (Å²) < 4.78 is 0. The van der Waals surface area contributed by atoms with E-state index in [1.807, 2.05) is 12.1 Å². The summed E-state index contributed by atoms with van der Waals surface area (Å²) in [6.07, 6.45) is 4.01. The number of aromatic nitrogens is 1. The lowest BCUT2D eigenvalue weighted by atomic mass is 10.1. The minimum atomic E-state index is 0.598. The van der Waals surface area contributed by atoms with Gasteiger partial charge in [-0.05, 0) is 38.4 Å². The van der Waals surface area contributed by atoms with Gasteiger partial charge in [0, 0.05) is 31.7 Å². The average molecular weight is 266 g/mol. The van der Waals surface area contributed by atoms with Crippen molar-refractivity contribution in [2.75, 3.05) is 20.1 Å². The largest absolute Gasteiger partial charge is 0.299 e. The standard InChI is InChI=1S/C14H20ClN3/c1-17-12-5-6-13(17)10-18(8-7-12)9-11-3-2-4-14(15)16-11/h2-4,12-13H,5-10H2,1H3. The molecule has 2 aliphatic heterocycles. The third-order valence-corrected chi connectivity index (χ3v) is 4.60. The second-order valence-corrected chi connectivity index (χ2v) is 5.91. The highest BCUT2D eigenvalue weighted by molar-refractivity contribution is 6.29. The summed E-state index contributed by atoms with van der Waals surface area (Å²) in [5.41, 5.74) is 1.09. The summed E-state index contributed by atoms with van der Waals surface area (Å²) in [6.45, 7) is 3.28. The van der Waals surface area contributed by atoms with Crippen LogP contribution in [0.1, 0.15) is 25.0 Å². The van der Waals surface area contributed by atoms with Crippen LogP contribution in [0.4, 0.5) is 0 Å². The van der Waals surface area contributed by atoms with Crippen molar-refractivity contribution in [1.29, 1.82) is 0 Å². The predicted octanol–water partition coefficient (Wildman–Crippen LogP) is 2.40.